The maximum absolute atomic E-state index is 12.6. The molecule has 0 atom stereocenters. The van der Waals surface area contributed by atoms with Crippen LogP contribution in [0.2, 0.25) is 5.02 Å². The van der Waals surface area contributed by atoms with Gasteiger partial charge in [0.15, 0.2) is 0 Å². The Morgan fingerprint density at radius 1 is 1.28 bits per heavy atom. The molecule has 0 bridgehead atoms. The molecule has 0 aliphatic rings. The van der Waals surface area contributed by atoms with E-state index in [9.17, 15) is 23.3 Å². The summed E-state index contributed by atoms with van der Waals surface area (Å²) in [6.45, 7) is -0.175. The van der Waals surface area contributed by atoms with Crippen molar-refractivity contribution >= 4 is 23.0 Å². The fraction of sp³-hybridized carbons (Fsp3) is 0.133. The number of alkyl halides is 3. The minimum Gasteiger partial charge on any atom is -0.456 e. The fourth-order valence-electron chi connectivity index (χ4n) is 1.90. The van der Waals surface area contributed by atoms with Gasteiger partial charge in [0.1, 0.15) is 23.7 Å². The molecule has 0 aliphatic heterocycles. The van der Waals surface area contributed by atoms with Crippen LogP contribution in [-0.2, 0) is 6.18 Å². The van der Waals surface area contributed by atoms with Crippen LogP contribution in [0.25, 0.3) is 0 Å². The van der Waals surface area contributed by atoms with Gasteiger partial charge in [0, 0.05) is 12.1 Å². The lowest BCUT2D eigenvalue weighted by atomic mass is 10.2. The summed E-state index contributed by atoms with van der Waals surface area (Å²) in [6, 6.07) is 8.02. The average Bonchev–Trinajstić information content (AvgIpc) is 2.53. The van der Waals surface area contributed by atoms with Crippen LogP contribution in [0, 0.1) is 21.4 Å². The minimum absolute atomic E-state index is 0.0343. The first-order valence-electron chi connectivity index (χ1n) is 6.66. The van der Waals surface area contributed by atoms with Gasteiger partial charge in [-0.3, -0.25) is 10.1 Å². The number of benzene rings is 2. The molecule has 1 N–H and O–H groups in total. The number of nitrogens with zero attached hydrogens (tertiary/aromatic N) is 2. The highest BCUT2D eigenvalue weighted by Crippen LogP contribution is 2.37. The van der Waals surface area contributed by atoms with E-state index < -0.39 is 16.7 Å². The predicted molar refractivity (Wildman–Crippen MR) is 83.7 cm³/mol. The number of hydrogen-bond acceptors (Lipinski definition) is 5. The molecule has 0 unspecified atom stereocenters. The first-order chi connectivity index (χ1) is 11.7. The Balaban J connectivity index is 2.31. The van der Waals surface area contributed by atoms with Crippen molar-refractivity contribution in [3.05, 3.63) is 57.1 Å². The Bertz CT molecular complexity index is 850. The van der Waals surface area contributed by atoms with Gasteiger partial charge in [0.2, 0.25) is 0 Å². The van der Waals surface area contributed by atoms with Crippen LogP contribution in [0.4, 0.5) is 24.5 Å². The summed E-state index contributed by atoms with van der Waals surface area (Å²) < 4.78 is 43.2. The second kappa shape index (κ2) is 7.27. The van der Waals surface area contributed by atoms with Crippen molar-refractivity contribution in [3.8, 4) is 17.6 Å². The summed E-state index contributed by atoms with van der Waals surface area (Å²) in [5.41, 5.74) is -1.17. The van der Waals surface area contributed by atoms with Gasteiger partial charge in [0.25, 0.3) is 5.69 Å². The van der Waals surface area contributed by atoms with Crippen LogP contribution in [0.15, 0.2) is 36.4 Å². The van der Waals surface area contributed by atoms with Gasteiger partial charge < -0.3 is 10.1 Å². The van der Waals surface area contributed by atoms with Gasteiger partial charge in [-0.15, -0.1) is 0 Å². The Labute approximate surface area is 144 Å². The molecule has 0 fully saturated rings. The number of anilines is 1. The van der Waals surface area contributed by atoms with Gasteiger partial charge in [-0.05, 0) is 24.3 Å². The summed E-state index contributed by atoms with van der Waals surface area (Å²) in [7, 11) is 0. The van der Waals surface area contributed by atoms with E-state index in [1.807, 2.05) is 0 Å². The topological polar surface area (TPSA) is 88.2 Å². The lowest BCUT2D eigenvalue weighted by Crippen LogP contribution is -2.04. The highest BCUT2D eigenvalue weighted by molar-refractivity contribution is 6.32. The standard InChI is InChI=1S/C15H9ClF3N3O3/c16-11-7-9(15(17,18)19)1-4-14(11)25-10-2-3-13(22(23)24)12(8-10)21-6-5-20/h1-4,7-8,21H,6H2. The summed E-state index contributed by atoms with van der Waals surface area (Å²) in [5, 5.41) is 21.8. The molecule has 130 valence electrons. The maximum Gasteiger partial charge on any atom is 0.416 e. The quantitative estimate of drug-likeness (QED) is 0.454. The number of nitrogens with one attached hydrogen (secondary N) is 1. The molecule has 0 aliphatic carbocycles. The lowest BCUT2D eigenvalue weighted by molar-refractivity contribution is -0.384. The van der Waals surface area contributed by atoms with Gasteiger partial charge in [-0.2, -0.15) is 18.4 Å². The molecule has 0 heterocycles. The number of ether oxygens (including phenoxy) is 1. The molecular weight excluding hydrogens is 363 g/mol. The average molecular weight is 372 g/mol. The Hall–Kier alpha value is -2.99. The van der Waals surface area contributed by atoms with E-state index in [4.69, 9.17) is 21.6 Å². The highest BCUT2D eigenvalue weighted by Gasteiger charge is 2.31. The molecule has 0 aromatic heterocycles. The number of nitriles is 1. The normalized spacial score (nSPS) is 10.8. The van der Waals surface area contributed by atoms with Crippen molar-refractivity contribution in [1.29, 1.82) is 5.26 Å². The first-order valence-corrected chi connectivity index (χ1v) is 7.04. The van der Waals surface area contributed by atoms with Crippen molar-refractivity contribution < 1.29 is 22.8 Å². The van der Waals surface area contributed by atoms with Crippen molar-refractivity contribution in [3.63, 3.8) is 0 Å². The Kier molecular flexibility index (Phi) is 5.34. The first kappa shape index (κ1) is 18.4. The van der Waals surface area contributed by atoms with E-state index >= 15 is 0 Å². The largest absolute Gasteiger partial charge is 0.456 e. The molecule has 25 heavy (non-hydrogen) atoms. The van der Waals surface area contributed by atoms with Crippen LogP contribution >= 0.6 is 11.6 Å². The molecule has 2 aromatic rings. The van der Waals surface area contributed by atoms with Crippen LogP contribution < -0.4 is 10.1 Å². The molecule has 0 spiro atoms. The molecule has 2 rings (SSSR count). The lowest BCUT2D eigenvalue weighted by Gasteiger charge is -2.12. The summed E-state index contributed by atoms with van der Waals surface area (Å²) in [4.78, 5) is 10.3. The van der Waals surface area contributed by atoms with Crippen LogP contribution in [-0.4, -0.2) is 11.5 Å². The molecule has 0 amide bonds. The van der Waals surface area contributed by atoms with Gasteiger partial charge in [-0.1, -0.05) is 11.6 Å². The molecule has 10 heteroatoms. The van der Waals surface area contributed by atoms with E-state index in [1.165, 1.54) is 12.1 Å². The van der Waals surface area contributed by atoms with Crippen LogP contribution in [0.5, 0.6) is 11.5 Å². The van der Waals surface area contributed by atoms with E-state index in [2.05, 4.69) is 5.32 Å². The summed E-state index contributed by atoms with van der Waals surface area (Å²) >= 11 is 5.80. The highest BCUT2D eigenvalue weighted by atomic mass is 35.5. The Morgan fingerprint density at radius 3 is 2.56 bits per heavy atom. The fourth-order valence-corrected chi connectivity index (χ4v) is 2.12. The van der Waals surface area contributed by atoms with Gasteiger partial charge in [0.05, 0.1) is 21.6 Å². The predicted octanol–water partition coefficient (Wildman–Crippen LogP) is 4.99. The monoisotopic (exact) mass is 371 g/mol. The van der Waals surface area contributed by atoms with Gasteiger partial charge >= 0.3 is 6.18 Å². The summed E-state index contributed by atoms with van der Waals surface area (Å²) in [5.74, 6) is 0.0578. The van der Waals surface area contributed by atoms with Crippen molar-refractivity contribution in [2.24, 2.45) is 0 Å². The molecular formula is C15H9ClF3N3O3. The molecule has 2 aromatic carbocycles. The second-order valence-electron chi connectivity index (χ2n) is 4.69. The van der Waals surface area contributed by atoms with E-state index in [-0.39, 0.29) is 34.4 Å². The SMILES string of the molecule is N#CCNc1cc(Oc2ccc(C(F)(F)F)cc2Cl)ccc1[N+](=O)[O-]. The number of nitro groups is 1. The van der Waals surface area contributed by atoms with E-state index in [0.29, 0.717) is 0 Å². The van der Waals surface area contributed by atoms with E-state index in [0.717, 1.165) is 24.3 Å². The number of hydrogen-bond donors (Lipinski definition) is 1. The zero-order valence-electron chi connectivity index (χ0n) is 12.3. The molecule has 0 radical (unpaired) electrons. The van der Waals surface area contributed by atoms with Crippen LogP contribution in [0.1, 0.15) is 5.56 Å². The third-order valence-electron chi connectivity index (χ3n) is 3.01. The molecule has 6 nitrogen and oxygen atoms in total. The third-order valence-corrected chi connectivity index (χ3v) is 3.30. The third kappa shape index (κ3) is 4.51. The maximum atomic E-state index is 12.6. The molecule has 0 saturated heterocycles. The molecule has 0 saturated carbocycles. The zero-order valence-corrected chi connectivity index (χ0v) is 13.1. The Morgan fingerprint density at radius 2 is 2.00 bits per heavy atom. The van der Waals surface area contributed by atoms with Crippen LogP contribution in [0.3, 0.4) is 0 Å². The van der Waals surface area contributed by atoms with Gasteiger partial charge in [-0.25, -0.2) is 0 Å². The number of nitro benzene ring substituents is 1. The number of halogens is 4. The number of rotatable bonds is 5. The second-order valence-corrected chi connectivity index (χ2v) is 5.10. The smallest absolute Gasteiger partial charge is 0.416 e. The van der Waals surface area contributed by atoms with E-state index in [1.54, 1.807) is 6.07 Å². The summed E-state index contributed by atoms with van der Waals surface area (Å²) in [6.07, 6.45) is -4.54. The van der Waals surface area contributed by atoms with Crippen molar-refractivity contribution in [2.45, 2.75) is 6.18 Å². The minimum atomic E-state index is -4.54. The van der Waals surface area contributed by atoms with Crippen molar-refractivity contribution in [2.75, 3.05) is 11.9 Å². The zero-order chi connectivity index (χ0) is 18.6. The van der Waals surface area contributed by atoms with Crippen molar-refractivity contribution in [1.82, 2.24) is 0 Å².